The lowest BCUT2D eigenvalue weighted by Crippen LogP contribution is -2.18. The lowest BCUT2D eigenvalue weighted by molar-refractivity contribution is 0.0695. The van der Waals surface area contributed by atoms with Crippen LogP contribution in [0.5, 0.6) is 0 Å². The first-order valence-electron chi connectivity index (χ1n) is 7.42. The van der Waals surface area contributed by atoms with Crippen LogP contribution in [0.3, 0.4) is 0 Å². The van der Waals surface area contributed by atoms with E-state index in [4.69, 9.17) is 0 Å². The fourth-order valence-electron chi connectivity index (χ4n) is 3.02. The van der Waals surface area contributed by atoms with E-state index in [0.29, 0.717) is 5.56 Å². The van der Waals surface area contributed by atoms with Crippen molar-refractivity contribution in [1.82, 2.24) is 9.78 Å². The van der Waals surface area contributed by atoms with E-state index in [1.54, 1.807) is 0 Å². The summed E-state index contributed by atoms with van der Waals surface area (Å²) in [6.45, 7) is 4.68. The number of aromatic carboxylic acids is 1. The van der Waals surface area contributed by atoms with Crippen molar-refractivity contribution >= 4 is 5.97 Å². The molecular weight excluding hydrogens is 264 g/mol. The molecule has 0 atom stereocenters. The molecule has 1 heterocycles. The van der Waals surface area contributed by atoms with Crippen LogP contribution in [-0.4, -0.2) is 20.9 Å². The Kier molecular flexibility index (Phi) is 3.53. The quantitative estimate of drug-likeness (QED) is 0.932. The van der Waals surface area contributed by atoms with Crippen LogP contribution in [0.15, 0.2) is 24.5 Å². The summed E-state index contributed by atoms with van der Waals surface area (Å²) >= 11 is 0. The molecule has 0 saturated heterocycles. The van der Waals surface area contributed by atoms with Gasteiger partial charge in [0.15, 0.2) is 0 Å². The predicted octanol–water partition coefficient (Wildman–Crippen LogP) is 3.67. The van der Waals surface area contributed by atoms with Crippen molar-refractivity contribution in [2.45, 2.75) is 39.7 Å². The molecule has 1 aliphatic rings. The second-order valence-electron chi connectivity index (χ2n) is 6.04. The molecule has 1 aromatic carbocycles. The van der Waals surface area contributed by atoms with Gasteiger partial charge >= 0.3 is 5.97 Å². The SMILES string of the molecule is Cc1cc(-c2cnn(CC3CCC3)c2)cc(C)c1C(=O)O. The van der Waals surface area contributed by atoms with Gasteiger partial charge in [-0.05, 0) is 49.3 Å². The van der Waals surface area contributed by atoms with Gasteiger partial charge in [-0.25, -0.2) is 4.79 Å². The molecule has 0 amide bonds. The average molecular weight is 284 g/mol. The van der Waals surface area contributed by atoms with Gasteiger partial charge in [0, 0.05) is 18.3 Å². The van der Waals surface area contributed by atoms with Crippen LogP contribution in [0.1, 0.15) is 40.7 Å². The summed E-state index contributed by atoms with van der Waals surface area (Å²) in [5.74, 6) is -0.0900. The zero-order valence-corrected chi connectivity index (χ0v) is 12.5. The molecule has 1 saturated carbocycles. The van der Waals surface area contributed by atoms with Gasteiger partial charge in [-0.15, -0.1) is 0 Å². The van der Waals surface area contributed by atoms with Crippen LogP contribution in [0, 0.1) is 19.8 Å². The van der Waals surface area contributed by atoms with Crippen molar-refractivity contribution in [2.75, 3.05) is 0 Å². The molecule has 110 valence electrons. The Morgan fingerprint density at radius 3 is 2.48 bits per heavy atom. The third-order valence-corrected chi connectivity index (χ3v) is 4.38. The van der Waals surface area contributed by atoms with Crippen molar-refractivity contribution in [3.05, 3.63) is 41.2 Å². The number of carboxylic acid groups (broad SMARTS) is 1. The molecule has 21 heavy (non-hydrogen) atoms. The molecule has 2 aromatic rings. The van der Waals surface area contributed by atoms with E-state index < -0.39 is 5.97 Å². The van der Waals surface area contributed by atoms with Crippen molar-refractivity contribution in [3.8, 4) is 11.1 Å². The maximum absolute atomic E-state index is 11.2. The van der Waals surface area contributed by atoms with E-state index in [-0.39, 0.29) is 0 Å². The summed E-state index contributed by atoms with van der Waals surface area (Å²) < 4.78 is 2.01. The number of benzene rings is 1. The van der Waals surface area contributed by atoms with E-state index in [0.717, 1.165) is 34.7 Å². The minimum atomic E-state index is -0.864. The highest BCUT2D eigenvalue weighted by Crippen LogP contribution is 2.29. The van der Waals surface area contributed by atoms with Gasteiger partial charge in [-0.2, -0.15) is 5.10 Å². The minimum Gasteiger partial charge on any atom is -0.478 e. The summed E-state index contributed by atoms with van der Waals surface area (Å²) in [4.78, 5) is 11.2. The van der Waals surface area contributed by atoms with Gasteiger partial charge in [0.05, 0.1) is 11.8 Å². The number of hydrogen-bond donors (Lipinski definition) is 1. The molecule has 0 radical (unpaired) electrons. The smallest absolute Gasteiger partial charge is 0.336 e. The number of aromatic nitrogens is 2. The van der Waals surface area contributed by atoms with Gasteiger partial charge in [-0.3, -0.25) is 4.68 Å². The molecule has 0 aliphatic heterocycles. The lowest BCUT2D eigenvalue weighted by atomic mass is 9.85. The van der Waals surface area contributed by atoms with Crippen LogP contribution < -0.4 is 0 Å². The van der Waals surface area contributed by atoms with Gasteiger partial charge in [0.1, 0.15) is 0 Å². The van der Waals surface area contributed by atoms with Gasteiger partial charge in [-0.1, -0.05) is 18.6 Å². The summed E-state index contributed by atoms with van der Waals surface area (Å²) in [5, 5.41) is 13.7. The maximum Gasteiger partial charge on any atom is 0.336 e. The molecular formula is C17H20N2O2. The van der Waals surface area contributed by atoms with Crippen molar-refractivity contribution in [1.29, 1.82) is 0 Å². The fraction of sp³-hybridized carbons (Fsp3) is 0.412. The Labute approximate surface area is 124 Å². The number of rotatable bonds is 4. The number of aryl methyl sites for hydroxylation is 2. The molecule has 0 unspecified atom stereocenters. The van der Waals surface area contributed by atoms with Gasteiger partial charge in [0.2, 0.25) is 0 Å². The van der Waals surface area contributed by atoms with Crippen LogP contribution in [0.25, 0.3) is 11.1 Å². The molecule has 4 nitrogen and oxygen atoms in total. The van der Waals surface area contributed by atoms with E-state index in [2.05, 4.69) is 11.3 Å². The highest BCUT2D eigenvalue weighted by Gasteiger charge is 2.18. The van der Waals surface area contributed by atoms with E-state index >= 15 is 0 Å². The Morgan fingerprint density at radius 2 is 1.95 bits per heavy atom. The third-order valence-electron chi connectivity index (χ3n) is 4.38. The molecule has 3 rings (SSSR count). The maximum atomic E-state index is 11.2. The van der Waals surface area contributed by atoms with E-state index in [1.165, 1.54) is 19.3 Å². The molecule has 0 spiro atoms. The highest BCUT2D eigenvalue weighted by atomic mass is 16.4. The minimum absolute atomic E-state index is 0.403. The van der Waals surface area contributed by atoms with Crippen molar-refractivity contribution in [2.24, 2.45) is 5.92 Å². The standard InChI is InChI=1S/C17H20N2O2/c1-11-6-14(7-12(2)16(11)17(20)21)15-8-18-19(10-15)9-13-4-3-5-13/h6-8,10,13H,3-5,9H2,1-2H3,(H,20,21). The van der Waals surface area contributed by atoms with Crippen LogP contribution in [0.4, 0.5) is 0 Å². The molecule has 0 bridgehead atoms. The zero-order chi connectivity index (χ0) is 15.0. The summed E-state index contributed by atoms with van der Waals surface area (Å²) in [7, 11) is 0. The Morgan fingerprint density at radius 1 is 1.29 bits per heavy atom. The monoisotopic (exact) mass is 284 g/mol. The first-order chi connectivity index (χ1) is 10.0. The topological polar surface area (TPSA) is 55.1 Å². The summed E-state index contributed by atoms with van der Waals surface area (Å²) in [5.41, 5.74) is 4.08. The van der Waals surface area contributed by atoms with Gasteiger partial charge in [0.25, 0.3) is 0 Å². The van der Waals surface area contributed by atoms with Crippen LogP contribution in [-0.2, 0) is 6.54 Å². The third kappa shape index (κ3) is 2.71. The highest BCUT2D eigenvalue weighted by molar-refractivity contribution is 5.92. The largest absolute Gasteiger partial charge is 0.478 e. The number of carbonyl (C=O) groups is 1. The zero-order valence-electron chi connectivity index (χ0n) is 12.5. The number of nitrogens with zero attached hydrogens (tertiary/aromatic N) is 2. The van der Waals surface area contributed by atoms with Gasteiger partial charge < -0.3 is 5.11 Å². The second kappa shape index (κ2) is 5.35. The van der Waals surface area contributed by atoms with Crippen molar-refractivity contribution < 1.29 is 9.90 Å². The average Bonchev–Trinajstić information content (AvgIpc) is 2.81. The number of hydrogen-bond acceptors (Lipinski definition) is 2. The molecule has 1 aromatic heterocycles. The first kappa shape index (κ1) is 13.9. The van der Waals surface area contributed by atoms with E-state index in [9.17, 15) is 9.90 Å². The Bertz CT molecular complexity index is 661. The molecule has 1 fully saturated rings. The fourth-order valence-corrected chi connectivity index (χ4v) is 3.02. The number of carboxylic acids is 1. The summed E-state index contributed by atoms with van der Waals surface area (Å²) in [6, 6.07) is 3.86. The lowest BCUT2D eigenvalue weighted by Gasteiger charge is -2.24. The van der Waals surface area contributed by atoms with E-state index in [1.807, 2.05) is 36.9 Å². The molecule has 4 heteroatoms. The Balaban J connectivity index is 1.88. The molecule has 1 aliphatic carbocycles. The van der Waals surface area contributed by atoms with Crippen molar-refractivity contribution in [3.63, 3.8) is 0 Å². The summed E-state index contributed by atoms with van der Waals surface area (Å²) in [6.07, 6.45) is 7.88. The van der Waals surface area contributed by atoms with Crippen LogP contribution >= 0.6 is 0 Å². The molecule has 1 N–H and O–H groups in total. The first-order valence-corrected chi connectivity index (χ1v) is 7.42. The predicted molar refractivity (Wildman–Crippen MR) is 81.4 cm³/mol. The second-order valence-corrected chi connectivity index (χ2v) is 6.04. The normalized spacial score (nSPS) is 15.0. The van der Waals surface area contributed by atoms with Crippen LogP contribution in [0.2, 0.25) is 0 Å². The Hall–Kier alpha value is -2.10.